The lowest BCUT2D eigenvalue weighted by atomic mass is 9.91. The van der Waals surface area contributed by atoms with Gasteiger partial charge in [-0.3, -0.25) is 9.59 Å². The number of hydrogen-bond donors (Lipinski definition) is 1. The highest BCUT2D eigenvalue weighted by molar-refractivity contribution is 9.10. The first-order valence-electron chi connectivity index (χ1n) is 6.95. The first kappa shape index (κ1) is 14.5. The van der Waals surface area contributed by atoms with Gasteiger partial charge in [-0.25, -0.2) is 4.39 Å². The van der Waals surface area contributed by atoms with E-state index in [0.29, 0.717) is 10.0 Å². The summed E-state index contributed by atoms with van der Waals surface area (Å²) in [4.78, 5) is 26.1. The summed E-state index contributed by atoms with van der Waals surface area (Å²) in [5.74, 6) is -0.392. The van der Waals surface area contributed by atoms with Gasteiger partial charge in [0.15, 0.2) is 0 Å². The molecule has 112 valence electrons. The molecule has 1 unspecified atom stereocenters. The molecule has 0 spiro atoms. The van der Waals surface area contributed by atoms with Crippen LogP contribution in [0.4, 0.5) is 4.39 Å². The van der Waals surface area contributed by atoms with Gasteiger partial charge in [-0.15, -0.1) is 0 Å². The largest absolute Gasteiger partial charge is 0.340 e. The van der Waals surface area contributed by atoms with E-state index in [4.69, 9.17) is 0 Å². The van der Waals surface area contributed by atoms with Crippen molar-refractivity contribution in [2.24, 2.45) is 5.92 Å². The molecular formula is C15H16BrFN2O2. The van der Waals surface area contributed by atoms with Crippen LogP contribution in [0.3, 0.4) is 0 Å². The van der Waals surface area contributed by atoms with Crippen LogP contribution in [0.1, 0.15) is 25.3 Å². The minimum Gasteiger partial charge on any atom is -0.340 e. The third-order valence-electron chi connectivity index (χ3n) is 4.25. The van der Waals surface area contributed by atoms with E-state index in [9.17, 15) is 14.0 Å². The molecule has 1 N–H and O–H groups in total. The number of benzene rings is 1. The standard InChI is InChI=1S/C15H16BrFN2O2/c1-15(10-5-6-10)14(21)19(8-12(20)18-15)7-9-3-2-4-11(17)13(9)16/h2-4,10H,5-8H2,1H3,(H,18,20). The minimum absolute atomic E-state index is 0.0180. The van der Waals surface area contributed by atoms with Crippen molar-refractivity contribution in [1.29, 1.82) is 0 Å². The average Bonchev–Trinajstić information content (AvgIpc) is 3.25. The molecule has 1 aliphatic heterocycles. The van der Waals surface area contributed by atoms with Gasteiger partial charge >= 0.3 is 0 Å². The number of nitrogens with one attached hydrogen (secondary N) is 1. The molecule has 6 heteroatoms. The lowest BCUT2D eigenvalue weighted by Crippen LogP contribution is -2.66. The molecule has 1 saturated heterocycles. The molecule has 0 radical (unpaired) electrons. The van der Waals surface area contributed by atoms with Crippen molar-refractivity contribution < 1.29 is 14.0 Å². The second-order valence-electron chi connectivity index (χ2n) is 5.90. The Morgan fingerprint density at radius 1 is 1.43 bits per heavy atom. The second kappa shape index (κ2) is 5.09. The molecule has 4 nitrogen and oxygen atoms in total. The maximum absolute atomic E-state index is 13.6. The van der Waals surface area contributed by atoms with Crippen LogP contribution in [0.2, 0.25) is 0 Å². The fourth-order valence-corrected chi connectivity index (χ4v) is 3.29. The summed E-state index contributed by atoms with van der Waals surface area (Å²) in [6.07, 6.45) is 1.92. The number of carbonyl (C=O) groups is 2. The average molecular weight is 355 g/mol. The second-order valence-corrected chi connectivity index (χ2v) is 6.69. The molecule has 2 fully saturated rings. The monoisotopic (exact) mass is 354 g/mol. The summed E-state index contributed by atoms with van der Waals surface area (Å²) in [5, 5.41) is 2.83. The molecular weight excluding hydrogens is 339 g/mol. The number of rotatable bonds is 3. The number of amides is 2. The first-order valence-corrected chi connectivity index (χ1v) is 7.74. The summed E-state index contributed by atoms with van der Waals surface area (Å²) in [6, 6.07) is 4.71. The lowest BCUT2D eigenvalue weighted by Gasteiger charge is -2.40. The van der Waals surface area contributed by atoms with E-state index in [1.54, 1.807) is 19.1 Å². The van der Waals surface area contributed by atoms with Gasteiger partial charge in [-0.2, -0.15) is 0 Å². The molecule has 21 heavy (non-hydrogen) atoms. The van der Waals surface area contributed by atoms with E-state index in [1.807, 2.05) is 0 Å². The molecule has 0 aromatic heterocycles. The Kier molecular flexibility index (Phi) is 3.51. The van der Waals surface area contributed by atoms with Gasteiger partial charge in [0, 0.05) is 6.54 Å². The van der Waals surface area contributed by atoms with Gasteiger partial charge in [-0.1, -0.05) is 12.1 Å². The maximum atomic E-state index is 13.6. The number of halogens is 2. The van der Waals surface area contributed by atoms with E-state index in [-0.39, 0.29) is 36.6 Å². The smallest absolute Gasteiger partial charge is 0.249 e. The van der Waals surface area contributed by atoms with Gasteiger partial charge in [0.1, 0.15) is 11.4 Å². The SMILES string of the molecule is CC1(C2CC2)NC(=O)CN(Cc2cccc(F)c2Br)C1=O. The summed E-state index contributed by atoms with van der Waals surface area (Å²) in [6.45, 7) is 2.04. The molecule has 1 atom stereocenters. The zero-order valence-electron chi connectivity index (χ0n) is 11.7. The van der Waals surface area contributed by atoms with Crippen LogP contribution in [-0.4, -0.2) is 28.8 Å². The number of hydrogen-bond acceptors (Lipinski definition) is 2. The summed E-state index contributed by atoms with van der Waals surface area (Å²) in [5.41, 5.74) is -0.147. The predicted molar refractivity (Wildman–Crippen MR) is 78.8 cm³/mol. The predicted octanol–water partition coefficient (Wildman–Crippen LogP) is 2.22. The Bertz CT molecular complexity index is 618. The summed E-state index contributed by atoms with van der Waals surface area (Å²) in [7, 11) is 0. The van der Waals surface area contributed by atoms with Gasteiger partial charge in [0.2, 0.25) is 11.8 Å². The van der Waals surface area contributed by atoms with E-state index < -0.39 is 5.54 Å². The fraction of sp³-hybridized carbons (Fsp3) is 0.467. The van der Waals surface area contributed by atoms with Gasteiger partial charge in [0.25, 0.3) is 0 Å². The van der Waals surface area contributed by atoms with E-state index in [2.05, 4.69) is 21.2 Å². The highest BCUT2D eigenvalue weighted by atomic mass is 79.9. The maximum Gasteiger partial charge on any atom is 0.249 e. The van der Waals surface area contributed by atoms with Crippen LogP contribution < -0.4 is 5.32 Å². The highest BCUT2D eigenvalue weighted by Crippen LogP contribution is 2.41. The minimum atomic E-state index is -0.810. The molecule has 0 bridgehead atoms. The van der Waals surface area contributed by atoms with Crippen molar-refractivity contribution in [2.75, 3.05) is 6.54 Å². The Morgan fingerprint density at radius 2 is 2.14 bits per heavy atom. The quantitative estimate of drug-likeness (QED) is 0.904. The Hall–Kier alpha value is -1.43. The first-order chi connectivity index (χ1) is 9.91. The van der Waals surface area contributed by atoms with Crippen LogP contribution in [0.15, 0.2) is 22.7 Å². The third-order valence-corrected chi connectivity index (χ3v) is 5.14. The van der Waals surface area contributed by atoms with E-state index in [0.717, 1.165) is 12.8 Å². The molecule has 1 heterocycles. The topological polar surface area (TPSA) is 49.4 Å². The van der Waals surface area contributed by atoms with Crippen LogP contribution in [0.25, 0.3) is 0 Å². The molecule has 1 aromatic rings. The van der Waals surface area contributed by atoms with Gasteiger partial charge in [0.05, 0.1) is 11.0 Å². The fourth-order valence-electron chi connectivity index (χ4n) is 2.90. The molecule has 1 saturated carbocycles. The van der Waals surface area contributed by atoms with Crippen molar-refractivity contribution in [1.82, 2.24) is 10.2 Å². The molecule has 3 rings (SSSR count). The van der Waals surface area contributed by atoms with Crippen molar-refractivity contribution in [3.8, 4) is 0 Å². The number of nitrogens with zero attached hydrogens (tertiary/aromatic N) is 1. The molecule has 2 amide bonds. The normalized spacial score (nSPS) is 26.0. The Labute approximate surface area is 130 Å². The Morgan fingerprint density at radius 3 is 2.81 bits per heavy atom. The lowest BCUT2D eigenvalue weighted by molar-refractivity contribution is -0.150. The summed E-state index contributed by atoms with van der Waals surface area (Å²) < 4.78 is 13.9. The van der Waals surface area contributed by atoms with Crippen LogP contribution in [0.5, 0.6) is 0 Å². The van der Waals surface area contributed by atoms with Crippen LogP contribution in [0, 0.1) is 11.7 Å². The highest BCUT2D eigenvalue weighted by Gasteiger charge is 2.52. The summed E-state index contributed by atoms with van der Waals surface area (Å²) >= 11 is 3.20. The number of carbonyl (C=O) groups excluding carboxylic acids is 2. The van der Waals surface area contributed by atoms with Gasteiger partial charge < -0.3 is 10.2 Å². The molecule has 2 aliphatic rings. The number of piperazine rings is 1. The van der Waals surface area contributed by atoms with Crippen molar-refractivity contribution >= 4 is 27.7 Å². The van der Waals surface area contributed by atoms with Crippen LogP contribution in [-0.2, 0) is 16.1 Å². The van der Waals surface area contributed by atoms with Crippen molar-refractivity contribution in [3.63, 3.8) is 0 Å². The molecule has 1 aromatic carbocycles. The van der Waals surface area contributed by atoms with Crippen molar-refractivity contribution in [3.05, 3.63) is 34.1 Å². The van der Waals surface area contributed by atoms with Crippen LogP contribution >= 0.6 is 15.9 Å². The zero-order chi connectivity index (χ0) is 15.2. The Balaban J connectivity index is 1.85. The zero-order valence-corrected chi connectivity index (χ0v) is 13.2. The van der Waals surface area contributed by atoms with Gasteiger partial charge in [-0.05, 0) is 53.2 Å². The van der Waals surface area contributed by atoms with E-state index >= 15 is 0 Å². The molecule has 1 aliphatic carbocycles. The third kappa shape index (κ3) is 2.57. The van der Waals surface area contributed by atoms with E-state index in [1.165, 1.54) is 11.0 Å². The van der Waals surface area contributed by atoms with Crippen molar-refractivity contribution in [2.45, 2.75) is 31.8 Å².